The number of piperidine rings is 1. The van der Waals surface area contributed by atoms with Crippen molar-refractivity contribution in [3.05, 3.63) is 23.4 Å². The summed E-state index contributed by atoms with van der Waals surface area (Å²) in [6.07, 6.45) is 3.80. The van der Waals surface area contributed by atoms with Gasteiger partial charge in [-0.3, -0.25) is 0 Å². The molecule has 0 atom stereocenters. The fraction of sp³-hybridized carbons (Fsp3) is 0.667. The van der Waals surface area contributed by atoms with Gasteiger partial charge in [0.05, 0.1) is 0 Å². The lowest BCUT2D eigenvalue weighted by Crippen LogP contribution is -2.39. The highest BCUT2D eigenvalue weighted by atomic mass is 15.2. The lowest BCUT2D eigenvalue weighted by Gasteiger charge is -2.39. The van der Waals surface area contributed by atoms with E-state index >= 15 is 0 Å². The van der Waals surface area contributed by atoms with E-state index in [0.29, 0.717) is 12.0 Å². The monoisotopic (exact) mass is 247 g/mol. The third-order valence-electron chi connectivity index (χ3n) is 4.38. The summed E-state index contributed by atoms with van der Waals surface area (Å²) in [7, 11) is 0. The number of aryl methyl sites for hydroxylation is 1. The summed E-state index contributed by atoms with van der Waals surface area (Å²) in [5.41, 5.74) is 8.51. The summed E-state index contributed by atoms with van der Waals surface area (Å²) in [5, 5.41) is 0. The Bertz CT molecular complexity index is 406. The SMILES string of the molecule is CCC1(C)CCN(c2cc(CN)cc(C)n2)CC1. The van der Waals surface area contributed by atoms with Crippen LogP contribution in [0.4, 0.5) is 5.82 Å². The Morgan fingerprint density at radius 2 is 2.00 bits per heavy atom. The molecule has 18 heavy (non-hydrogen) atoms. The van der Waals surface area contributed by atoms with Crippen molar-refractivity contribution in [3.8, 4) is 0 Å². The molecule has 1 aromatic rings. The predicted octanol–water partition coefficient (Wildman–Crippen LogP) is 2.87. The number of nitrogens with two attached hydrogens (primary N) is 1. The van der Waals surface area contributed by atoms with Crippen LogP contribution in [0.25, 0.3) is 0 Å². The minimum atomic E-state index is 0.525. The maximum atomic E-state index is 5.74. The molecule has 0 aromatic carbocycles. The van der Waals surface area contributed by atoms with Gasteiger partial charge < -0.3 is 10.6 Å². The number of rotatable bonds is 3. The Morgan fingerprint density at radius 1 is 1.33 bits per heavy atom. The number of hydrogen-bond acceptors (Lipinski definition) is 3. The summed E-state index contributed by atoms with van der Waals surface area (Å²) in [6, 6.07) is 4.21. The van der Waals surface area contributed by atoms with E-state index in [1.165, 1.54) is 24.8 Å². The molecule has 1 fully saturated rings. The number of pyridine rings is 1. The Kier molecular flexibility index (Phi) is 3.91. The molecular weight excluding hydrogens is 222 g/mol. The molecule has 1 aromatic heterocycles. The standard InChI is InChI=1S/C15H25N3/c1-4-15(3)5-7-18(8-6-15)14-10-13(11-16)9-12(2)17-14/h9-10H,4-8,11,16H2,1-3H3. The third kappa shape index (κ3) is 2.83. The van der Waals surface area contributed by atoms with E-state index in [9.17, 15) is 0 Å². The first kappa shape index (κ1) is 13.3. The molecule has 2 N–H and O–H groups in total. The minimum absolute atomic E-state index is 0.525. The van der Waals surface area contributed by atoms with Crippen LogP contribution in [0.1, 0.15) is 44.4 Å². The lowest BCUT2D eigenvalue weighted by molar-refractivity contribution is 0.238. The maximum Gasteiger partial charge on any atom is 0.129 e. The number of hydrogen-bond donors (Lipinski definition) is 1. The smallest absolute Gasteiger partial charge is 0.129 e. The van der Waals surface area contributed by atoms with Crippen molar-refractivity contribution in [3.63, 3.8) is 0 Å². The summed E-state index contributed by atoms with van der Waals surface area (Å²) < 4.78 is 0. The third-order valence-corrected chi connectivity index (χ3v) is 4.38. The van der Waals surface area contributed by atoms with Gasteiger partial charge in [0.2, 0.25) is 0 Å². The molecular formula is C15H25N3. The van der Waals surface area contributed by atoms with E-state index in [1.807, 2.05) is 6.92 Å². The van der Waals surface area contributed by atoms with E-state index in [-0.39, 0.29) is 0 Å². The second-order valence-corrected chi connectivity index (χ2v) is 5.83. The quantitative estimate of drug-likeness (QED) is 0.893. The van der Waals surface area contributed by atoms with Gasteiger partial charge in [-0.2, -0.15) is 0 Å². The molecule has 0 radical (unpaired) electrons. The zero-order chi connectivity index (χ0) is 13.2. The molecule has 0 aliphatic carbocycles. The van der Waals surface area contributed by atoms with Crippen LogP contribution in [-0.4, -0.2) is 18.1 Å². The first-order chi connectivity index (χ1) is 8.56. The summed E-state index contributed by atoms with van der Waals surface area (Å²) >= 11 is 0. The highest BCUT2D eigenvalue weighted by Gasteiger charge is 2.28. The summed E-state index contributed by atoms with van der Waals surface area (Å²) in [4.78, 5) is 7.06. The van der Waals surface area contributed by atoms with Crippen molar-refractivity contribution in [2.45, 2.75) is 46.6 Å². The van der Waals surface area contributed by atoms with E-state index in [0.717, 1.165) is 24.6 Å². The van der Waals surface area contributed by atoms with Gasteiger partial charge >= 0.3 is 0 Å². The highest BCUT2D eigenvalue weighted by Crippen LogP contribution is 2.35. The zero-order valence-electron chi connectivity index (χ0n) is 11.9. The van der Waals surface area contributed by atoms with Crippen LogP contribution >= 0.6 is 0 Å². The van der Waals surface area contributed by atoms with Crippen molar-refractivity contribution in [1.29, 1.82) is 0 Å². The van der Waals surface area contributed by atoms with Crippen molar-refractivity contribution >= 4 is 5.82 Å². The first-order valence-electron chi connectivity index (χ1n) is 6.99. The van der Waals surface area contributed by atoms with Crippen LogP contribution in [-0.2, 0) is 6.54 Å². The van der Waals surface area contributed by atoms with Gasteiger partial charge in [-0.05, 0) is 42.9 Å². The van der Waals surface area contributed by atoms with E-state index in [2.05, 4.69) is 35.9 Å². The van der Waals surface area contributed by atoms with Crippen LogP contribution in [0.15, 0.2) is 12.1 Å². The van der Waals surface area contributed by atoms with Crippen molar-refractivity contribution in [2.75, 3.05) is 18.0 Å². The highest BCUT2D eigenvalue weighted by molar-refractivity contribution is 5.43. The molecule has 1 aliphatic heterocycles. The minimum Gasteiger partial charge on any atom is -0.357 e. The van der Waals surface area contributed by atoms with Gasteiger partial charge in [-0.1, -0.05) is 20.3 Å². The van der Waals surface area contributed by atoms with Gasteiger partial charge in [0.15, 0.2) is 0 Å². The Hall–Kier alpha value is -1.09. The molecule has 0 amide bonds. The van der Waals surface area contributed by atoms with Crippen LogP contribution in [0.5, 0.6) is 0 Å². The van der Waals surface area contributed by atoms with Crippen LogP contribution in [0.2, 0.25) is 0 Å². The van der Waals surface area contributed by atoms with Gasteiger partial charge in [-0.25, -0.2) is 4.98 Å². The fourth-order valence-corrected chi connectivity index (χ4v) is 2.63. The molecule has 2 rings (SSSR count). The van der Waals surface area contributed by atoms with E-state index in [4.69, 9.17) is 5.73 Å². The average Bonchev–Trinajstić information content (AvgIpc) is 2.39. The zero-order valence-corrected chi connectivity index (χ0v) is 11.9. The molecule has 2 heterocycles. The predicted molar refractivity (Wildman–Crippen MR) is 76.7 cm³/mol. The summed E-state index contributed by atoms with van der Waals surface area (Å²) in [5.74, 6) is 1.11. The lowest BCUT2D eigenvalue weighted by atomic mass is 9.78. The van der Waals surface area contributed by atoms with E-state index in [1.54, 1.807) is 0 Å². The molecule has 3 heteroatoms. The molecule has 1 saturated heterocycles. The summed E-state index contributed by atoms with van der Waals surface area (Å²) in [6.45, 7) is 9.57. The number of anilines is 1. The molecule has 0 unspecified atom stereocenters. The average molecular weight is 247 g/mol. The van der Waals surface area contributed by atoms with Gasteiger partial charge in [0, 0.05) is 25.3 Å². The Balaban J connectivity index is 2.12. The molecule has 100 valence electrons. The van der Waals surface area contributed by atoms with Crippen molar-refractivity contribution in [1.82, 2.24) is 4.98 Å². The Morgan fingerprint density at radius 3 is 2.56 bits per heavy atom. The molecule has 1 aliphatic rings. The first-order valence-corrected chi connectivity index (χ1v) is 6.99. The molecule has 0 spiro atoms. The second-order valence-electron chi connectivity index (χ2n) is 5.83. The molecule has 0 bridgehead atoms. The topological polar surface area (TPSA) is 42.1 Å². The fourth-order valence-electron chi connectivity index (χ4n) is 2.63. The Labute approximate surface area is 110 Å². The maximum absolute atomic E-state index is 5.74. The van der Waals surface area contributed by atoms with Crippen LogP contribution in [0, 0.1) is 12.3 Å². The van der Waals surface area contributed by atoms with Crippen molar-refractivity contribution in [2.24, 2.45) is 11.1 Å². The van der Waals surface area contributed by atoms with Crippen LogP contribution in [0.3, 0.4) is 0 Å². The van der Waals surface area contributed by atoms with Gasteiger partial charge in [0.1, 0.15) is 5.82 Å². The number of nitrogens with zero attached hydrogens (tertiary/aromatic N) is 2. The molecule has 3 nitrogen and oxygen atoms in total. The van der Waals surface area contributed by atoms with Crippen molar-refractivity contribution < 1.29 is 0 Å². The second kappa shape index (κ2) is 5.27. The number of aromatic nitrogens is 1. The van der Waals surface area contributed by atoms with Gasteiger partial charge in [-0.15, -0.1) is 0 Å². The van der Waals surface area contributed by atoms with Crippen LogP contribution < -0.4 is 10.6 Å². The van der Waals surface area contributed by atoms with E-state index < -0.39 is 0 Å². The normalized spacial score (nSPS) is 19.0. The van der Waals surface area contributed by atoms with Gasteiger partial charge in [0.25, 0.3) is 0 Å². The largest absolute Gasteiger partial charge is 0.357 e. The molecule has 0 saturated carbocycles.